The molecule has 3 rings (SSSR count). The molecule has 0 heterocycles. The summed E-state index contributed by atoms with van der Waals surface area (Å²) in [5, 5.41) is 3.16. The number of methoxy groups -OCH3 is 6. The van der Waals surface area contributed by atoms with Crippen LogP contribution in [0.1, 0.15) is 21.5 Å². The fourth-order valence-corrected chi connectivity index (χ4v) is 3.73. The van der Waals surface area contributed by atoms with Crippen molar-refractivity contribution in [1.82, 2.24) is 0 Å². The number of ether oxygens (including phenoxy) is 6. The Hall–Kier alpha value is -4.79. The first-order chi connectivity index (χ1) is 18.4. The van der Waals surface area contributed by atoms with E-state index in [1.807, 2.05) is 30.4 Å². The maximum absolute atomic E-state index is 12.7. The number of nitrogens with one attached hydrogen (secondary N) is 1. The van der Waals surface area contributed by atoms with Crippen LogP contribution in [0.15, 0.2) is 54.7 Å². The molecule has 9 nitrogen and oxygen atoms in total. The molecule has 0 radical (unpaired) electrons. The van der Waals surface area contributed by atoms with E-state index in [0.717, 1.165) is 11.1 Å². The van der Waals surface area contributed by atoms with Crippen molar-refractivity contribution < 1.29 is 33.2 Å². The second kappa shape index (κ2) is 13.0. The molecule has 0 bridgehead atoms. The quantitative estimate of drug-likeness (QED) is 0.142. The van der Waals surface area contributed by atoms with Gasteiger partial charge in [-0.3, -0.25) is 4.79 Å². The van der Waals surface area contributed by atoms with Crippen LogP contribution in [0, 0.1) is 0 Å². The smallest absolute Gasteiger partial charge is 0.203 e. The minimum atomic E-state index is -0.221. The number of rotatable bonds is 12. The van der Waals surface area contributed by atoms with E-state index in [2.05, 4.69) is 5.32 Å². The van der Waals surface area contributed by atoms with Crippen molar-refractivity contribution in [3.63, 3.8) is 0 Å². The number of allylic oxidation sites excluding steroid dienone is 1. The number of benzene rings is 3. The summed E-state index contributed by atoms with van der Waals surface area (Å²) in [6.07, 6.45) is 6.77. The standard InChI is InChI=1S/C29H32N2O7/c1-33-24-10-9-20(15-21(24)30)23(32)11-12-31-22-17-26(35-3)25(34-2)16-19(22)8-7-18-13-27(36-4)29(38-6)28(14-18)37-5/h7-17,31H,30H2,1-6H3/b8-7-,12-11-. The number of ketones is 1. The number of hydrogen-bond donors (Lipinski definition) is 2. The summed E-state index contributed by atoms with van der Waals surface area (Å²) in [7, 11) is 9.33. The van der Waals surface area contributed by atoms with Gasteiger partial charge in [-0.1, -0.05) is 12.2 Å². The lowest BCUT2D eigenvalue weighted by Crippen LogP contribution is -2.00. The number of anilines is 2. The van der Waals surface area contributed by atoms with Crippen LogP contribution < -0.4 is 39.5 Å². The van der Waals surface area contributed by atoms with Crippen molar-refractivity contribution >= 4 is 29.3 Å². The summed E-state index contributed by atoms with van der Waals surface area (Å²) in [5.41, 5.74) is 9.05. The van der Waals surface area contributed by atoms with E-state index >= 15 is 0 Å². The third-order valence-corrected chi connectivity index (χ3v) is 5.69. The van der Waals surface area contributed by atoms with E-state index in [1.165, 1.54) is 13.2 Å². The molecule has 0 saturated heterocycles. The predicted molar refractivity (Wildman–Crippen MR) is 149 cm³/mol. The van der Waals surface area contributed by atoms with Gasteiger partial charge in [0.05, 0.1) is 48.3 Å². The Morgan fingerprint density at radius 2 is 1.32 bits per heavy atom. The number of carbonyl (C=O) groups is 1. The first-order valence-corrected chi connectivity index (χ1v) is 11.5. The fourth-order valence-electron chi connectivity index (χ4n) is 3.73. The monoisotopic (exact) mass is 520 g/mol. The fraction of sp³-hybridized carbons (Fsp3) is 0.207. The molecule has 9 heteroatoms. The summed E-state index contributed by atoms with van der Waals surface area (Å²) in [6, 6.07) is 12.2. The van der Waals surface area contributed by atoms with Gasteiger partial charge in [0, 0.05) is 35.2 Å². The highest BCUT2D eigenvalue weighted by atomic mass is 16.5. The molecular weight excluding hydrogens is 488 g/mol. The molecule has 200 valence electrons. The van der Waals surface area contributed by atoms with E-state index in [9.17, 15) is 4.79 Å². The Morgan fingerprint density at radius 1 is 0.711 bits per heavy atom. The van der Waals surface area contributed by atoms with E-state index in [0.29, 0.717) is 51.4 Å². The van der Waals surface area contributed by atoms with Crippen molar-refractivity contribution in [1.29, 1.82) is 0 Å². The Kier molecular flexibility index (Phi) is 9.48. The van der Waals surface area contributed by atoms with Gasteiger partial charge in [-0.05, 0) is 42.0 Å². The number of nitrogens with two attached hydrogens (primary N) is 1. The highest BCUT2D eigenvalue weighted by Gasteiger charge is 2.13. The van der Waals surface area contributed by atoms with Gasteiger partial charge in [0.1, 0.15) is 5.75 Å². The third kappa shape index (κ3) is 6.31. The van der Waals surface area contributed by atoms with Gasteiger partial charge in [0.15, 0.2) is 28.8 Å². The molecule has 0 spiro atoms. The van der Waals surface area contributed by atoms with Crippen LogP contribution in [0.3, 0.4) is 0 Å². The molecule has 0 fully saturated rings. The molecule has 0 atom stereocenters. The zero-order valence-electron chi connectivity index (χ0n) is 22.3. The van der Waals surface area contributed by atoms with Crippen LogP contribution in [-0.4, -0.2) is 48.4 Å². The average molecular weight is 521 g/mol. The van der Waals surface area contributed by atoms with Gasteiger partial charge in [-0.2, -0.15) is 0 Å². The summed E-state index contributed by atoms with van der Waals surface area (Å²) in [6.45, 7) is 0. The van der Waals surface area contributed by atoms with E-state index in [-0.39, 0.29) is 5.78 Å². The molecular formula is C29H32N2O7. The predicted octanol–water partition coefficient (Wildman–Crippen LogP) is 5.30. The number of nitrogen functional groups attached to an aromatic ring is 1. The van der Waals surface area contributed by atoms with Gasteiger partial charge in [-0.15, -0.1) is 0 Å². The largest absolute Gasteiger partial charge is 0.495 e. The van der Waals surface area contributed by atoms with Gasteiger partial charge < -0.3 is 39.5 Å². The Balaban J connectivity index is 1.92. The molecule has 3 aromatic carbocycles. The molecule has 3 aromatic rings. The molecule has 38 heavy (non-hydrogen) atoms. The van der Waals surface area contributed by atoms with Crippen LogP contribution in [-0.2, 0) is 0 Å². The lowest BCUT2D eigenvalue weighted by molar-refractivity contribution is 0.104. The molecule has 0 aliphatic rings. The molecule has 0 saturated carbocycles. The second-order valence-electron chi connectivity index (χ2n) is 7.89. The minimum absolute atomic E-state index is 0.221. The SMILES string of the molecule is COc1ccc(C(=O)/C=C\Nc2cc(OC)c(OC)cc2/C=C\c2cc(OC)c(OC)c(OC)c2)cc1N. The van der Waals surface area contributed by atoms with Crippen molar-refractivity contribution in [2.45, 2.75) is 0 Å². The Morgan fingerprint density at radius 3 is 1.87 bits per heavy atom. The molecule has 0 aliphatic heterocycles. The van der Waals surface area contributed by atoms with Gasteiger partial charge in [0.25, 0.3) is 0 Å². The topological polar surface area (TPSA) is 111 Å². The summed E-state index contributed by atoms with van der Waals surface area (Å²) >= 11 is 0. The van der Waals surface area contributed by atoms with Crippen molar-refractivity contribution in [3.8, 4) is 34.5 Å². The molecule has 3 N–H and O–H groups in total. The Bertz CT molecular complexity index is 1320. The first-order valence-electron chi connectivity index (χ1n) is 11.5. The van der Waals surface area contributed by atoms with Gasteiger partial charge in [-0.25, -0.2) is 0 Å². The molecule has 0 amide bonds. The normalized spacial score (nSPS) is 10.9. The summed E-state index contributed by atoms with van der Waals surface area (Å²) < 4.78 is 32.4. The maximum Gasteiger partial charge on any atom is 0.203 e. The van der Waals surface area contributed by atoms with E-state index < -0.39 is 0 Å². The van der Waals surface area contributed by atoms with Crippen LogP contribution >= 0.6 is 0 Å². The highest BCUT2D eigenvalue weighted by Crippen LogP contribution is 2.39. The Labute approximate surface area is 222 Å². The maximum atomic E-state index is 12.7. The van der Waals surface area contributed by atoms with Crippen molar-refractivity contribution in [2.75, 3.05) is 53.7 Å². The third-order valence-electron chi connectivity index (χ3n) is 5.69. The highest BCUT2D eigenvalue weighted by molar-refractivity contribution is 6.05. The summed E-state index contributed by atoms with van der Waals surface area (Å²) in [5.74, 6) is 2.96. The van der Waals surface area contributed by atoms with Crippen LogP contribution in [0.4, 0.5) is 11.4 Å². The van der Waals surface area contributed by atoms with Gasteiger partial charge >= 0.3 is 0 Å². The van der Waals surface area contributed by atoms with Gasteiger partial charge in [0.2, 0.25) is 5.75 Å². The lowest BCUT2D eigenvalue weighted by Gasteiger charge is -2.14. The zero-order chi connectivity index (χ0) is 27.7. The van der Waals surface area contributed by atoms with E-state index in [4.69, 9.17) is 34.2 Å². The minimum Gasteiger partial charge on any atom is -0.495 e. The molecule has 0 aliphatic carbocycles. The van der Waals surface area contributed by atoms with Crippen LogP contribution in [0.2, 0.25) is 0 Å². The first kappa shape index (κ1) is 27.8. The van der Waals surface area contributed by atoms with E-state index in [1.54, 1.807) is 66.0 Å². The van der Waals surface area contributed by atoms with Crippen LogP contribution in [0.25, 0.3) is 12.2 Å². The molecule has 0 aromatic heterocycles. The van der Waals surface area contributed by atoms with Crippen molar-refractivity contribution in [3.05, 3.63) is 71.4 Å². The van der Waals surface area contributed by atoms with Crippen LogP contribution in [0.5, 0.6) is 34.5 Å². The average Bonchev–Trinajstić information content (AvgIpc) is 2.95. The number of hydrogen-bond acceptors (Lipinski definition) is 9. The lowest BCUT2D eigenvalue weighted by atomic mass is 10.1. The summed E-state index contributed by atoms with van der Waals surface area (Å²) in [4.78, 5) is 12.7. The van der Waals surface area contributed by atoms with Crippen molar-refractivity contribution in [2.24, 2.45) is 0 Å². The zero-order valence-corrected chi connectivity index (χ0v) is 22.3. The molecule has 0 unspecified atom stereocenters. The second-order valence-corrected chi connectivity index (χ2v) is 7.89. The number of carbonyl (C=O) groups excluding carboxylic acids is 1.